The Morgan fingerprint density at radius 2 is 1.89 bits per heavy atom. The van der Waals surface area contributed by atoms with Crippen LogP contribution in [0.1, 0.15) is 22.8 Å². The predicted octanol–water partition coefficient (Wildman–Crippen LogP) is 3.29. The van der Waals surface area contributed by atoms with Gasteiger partial charge < -0.3 is 15.0 Å². The molecule has 0 spiro atoms. The van der Waals surface area contributed by atoms with Gasteiger partial charge in [-0.1, -0.05) is 41.9 Å². The fourth-order valence-corrected chi connectivity index (χ4v) is 3.08. The molecule has 144 valence electrons. The fraction of sp³-hybridized carbons (Fsp3) is 0.190. The zero-order chi connectivity index (χ0) is 20.1. The zero-order valence-electron chi connectivity index (χ0n) is 15.2. The molecule has 0 bridgehead atoms. The van der Waals surface area contributed by atoms with E-state index in [2.05, 4.69) is 10.3 Å². The third kappa shape index (κ3) is 4.40. The Morgan fingerprint density at radius 3 is 2.61 bits per heavy atom. The van der Waals surface area contributed by atoms with Crippen LogP contribution < -0.4 is 5.32 Å². The molecule has 0 aliphatic heterocycles. The van der Waals surface area contributed by atoms with Crippen molar-refractivity contribution in [2.24, 2.45) is 0 Å². The van der Waals surface area contributed by atoms with Gasteiger partial charge in [0.05, 0.1) is 12.2 Å². The number of ether oxygens (including phenoxy) is 1. The van der Waals surface area contributed by atoms with Gasteiger partial charge in [-0.2, -0.15) is 0 Å². The van der Waals surface area contributed by atoms with Crippen LogP contribution in [0, 0.1) is 0 Å². The summed E-state index contributed by atoms with van der Waals surface area (Å²) in [4.78, 5) is 40.4. The van der Waals surface area contributed by atoms with Gasteiger partial charge in [-0.05, 0) is 30.7 Å². The summed E-state index contributed by atoms with van der Waals surface area (Å²) in [6.07, 6.45) is 1.68. The number of rotatable bonds is 7. The molecule has 1 atom stereocenters. The summed E-state index contributed by atoms with van der Waals surface area (Å²) >= 11 is 6.00. The summed E-state index contributed by atoms with van der Waals surface area (Å²) in [5, 5.41) is 3.51. The molecule has 1 aromatic heterocycles. The van der Waals surface area contributed by atoms with Gasteiger partial charge in [-0.25, -0.2) is 4.79 Å². The Kier molecular flexibility index (Phi) is 6.11. The van der Waals surface area contributed by atoms with Crippen molar-refractivity contribution >= 4 is 40.2 Å². The number of benzene rings is 2. The van der Waals surface area contributed by atoms with Crippen LogP contribution in [0.15, 0.2) is 54.7 Å². The number of nitrogens with one attached hydrogen (secondary N) is 2. The van der Waals surface area contributed by atoms with Crippen molar-refractivity contribution in [3.05, 3.63) is 70.9 Å². The number of carbonyl (C=O) groups is 3. The van der Waals surface area contributed by atoms with E-state index in [1.165, 1.54) is 6.20 Å². The number of hydrogen-bond donors (Lipinski definition) is 2. The van der Waals surface area contributed by atoms with Crippen molar-refractivity contribution in [1.29, 1.82) is 0 Å². The number of esters is 1. The van der Waals surface area contributed by atoms with Crippen molar-refractivity contribution in [2.75, 3.05) is 6.61 Å². The Hall–Kier alpha value is -3.12. The van der Waals surface area contributed by atoms with Crippen molar-refractivity contribution in [3.8, 4) is 0 Å². The van der Waals surface area contributed by atoms with Crippen LogP contribution in [0.2, 0.25) is 5.02 Å². The first-order valence-corrected chi connectivity index (χ1v) is 9.19. The highest BCUT2D eigenvalue weighted by atomic mass is 35.5. The van der Waals surface area contributed by atoms with Crippen molar-refractivity contribution in [1.82, 2.24) is 10.3 Å². The van der Waals surface area contributed by atoms with Gasteiger partial charge in [0, 0.05) is 28.5 Å². The normalized spacial score (nSPS) is 11.8. The van der Waals surface area contributed by atoms with Crippen LogP contribution in [0.4, 0.5) is 0 Å². The van der Waals surface area contributed by atoms with E-state index in [0.29, 0.717) is 15.9 Å². The average Bonchev–Trinajstić information content (AvgIpc) is 3.10. The van der Waals surface area contributed by atoms with E-state index < -0.39 is 23.7 Å². The number of amides is 1. The average molecular weight is 399 g/mol. The smallest absolute Gasteiger partial charge is 0.328 e. The number of hydrogen-bond acceptors (Lipinski definition) is 4. The van der Waals surface area contributed by atoms with E-state index in [9.17, 15) is 14.4 Å². The number of H-pyrrole nitrogens is 1. The molecule has 7 heteroatoms. The highest BCUT2D eigenvalue weighted by Crippen LogP contribution is 2.22. The highest BCUT2D eigenvalue weighted by Gasteiger charge is 2.27. The van der Waals surface area contributed by atoms with Gasteiger partial charge in [0.25, 0.3) is 11.7 Å². The number of carbonyl (C=O) groups excluding carboxylic acids is 3. The van der Waals surface area contributed by atoms with Gasteiger partial charge in [0.1, 0.15) is 6.04 Å². The van der Waals surface area contributed by atoms with Gasteiger partial charge in [0.15, 0.2) is 0 Å². The molecule has 2 N–H and O–H groups in total. The predicted molar refractivity (Wildman–Crippen MR) is 106 cm³/mol. The summed E-state index contributed by atoms with van der Waals surface area (Å²) in [7, 11) is 0. The number of halogens is 1. The van der Waals surface area contributed by atoms with Crippen LogP contribution >= 0.6 is 11.6 Å². The van der Waals surface area contributed by atoms with Gasteiger partial charge in [0.2, 0.25) is 0 Å². The SMILES string of the molecule is CCOC(=O)[C@@H](Cc1ccccc1)NC(=O)C(=O)c1c[nH]c2ccc(Cl)cc12. The Labute approximate surface area is 166 Å². The third-order valence-corrected chi connectivity index (χ3v) is 4.49. The molecule has 0 unspecified atom stereocenters. The van der Waals surface area contributed by atoms with Gasteiger partial charge >= 0.3 is 5.97 Å². The lowest BCUT2D eigenvalue weighted by Gasteiger charge is -2.17. The lowest BCUT2D eigenvalue weighted by molar-refractivity contribution is -0.146. The minimum atomic E-state index is -0.965. The van der Waals surface area contributed by atoms with E-state index >= 15 is 0 Å². The van der Waals surface area contributed by atoms with Crippen molar-refractivity contribution in [3.63, 3.8) is 0 Å². The quantitative estimate of drug-likeness (QED) is 0.363. The molecular formula is C21H19ClN2O4. The first kappa shape index (κ1) is 19.6. The number of aromatic amines is 1. The second-order valence-corrected chi connectivity index (χ2v) is 6.63. The van der Waals surface area contributed by atoms with Crippen LogP contribution in [-0.2, 0) is 20.7 Å². The van der Waals surface area contributed by atoms with Crippen LogP contribution in [0.3, 0.4) is 0 Å². The molecule has 0 saturated carbocycles. The largest absolute Gasteiger partial charge is 0.464 e. The molecule has 28 heavy (non-hydrogen) atoms. The molecule has 0 fully saturated rings. The van der Waals surface area contributed by atoms with E-state index in [1.54, 1.807) is 25.1 Å². The Bertz CT molecular complexity index is 1010. The molecule has 1 amide bonds. The van der Waals surface area contributed by atoms with Gasteiger partial charge in [-0.15, -0.1) is 0 Å². The molecule has 3 aromatic rings. The summed E-state index contributed by atoms with van der Waals surface area (Å²) < 4.78 is 5.04. The van der Waals surface area contributed by atoms with Gasteiger partial charge in [-0.3, -0.25) is 9.59 Å². The molecule has 0 saturated heterocycles. The summed E-state index contributed by atoms with van der Waals surface area (Å²) in [5.41, 5.74) is 1.72. The highest BCUT2D eigenvalue weighted by molar-refractivity contribution is 6.45. The summed E-state index contributed by atoms with van der Waals surface area (Å²) in [5.74, 6) is -2.22. The van der Waals surface area contributed by atoms with Crippen LogP contribution in [0.5, 0.6) is 0 Å². The minimum absolute atomic E-state index is 0.175. The lowest BCUT2D eigenvalue weighted by Crippen LogP contribution is -2.46. The molecule has 0 aliphatic carbocycles. The molecular weight excluding hydrogens is 380 g/mol. The van der Waals surface area contributed by atoms with Crippen molar-refractivity contribution < 1.29 is 19.1 Å². The van der Waals surface area contributed by atoms with E-state index in [0.717, 1.165) is 5.56 Å². The molecule has 3 rings (SSSR count). The zero-order valence-corrected chi connectivity index (χ0v) is 16.0. The maximum Gasteiger partial charge on any atom is 0.328 e. The van der Waals surface area contributed by atoms with E-state index in [-0.39, 0.29) is 18.6 Å². The first-order valence-electron chi connectivity index (χ1n) is 8.82. The maximum atomic E-state index is 12.7. The monoisotopic (exact) mass is 398 g/mol. The second kappa shape index (κ2) is 8.71. The summed E-state index contributed by atoms with van der Waals surface area (Å²) in [6, 6.07) is 13.2. The lowest BCUT2D eigenvalue weighted by atomic mass is 10.0. The number of fused-ring (bicyclic) bond motifs is 1. The van der Waals surface area contributed by atoms with Crippen molar-refractivity contribution in [2.45, 2.75) is 19.4 Å². The number of ketones is 1. The van der Waals surface area contributed by atoms with E-state index in [4.69, 9.17) is 16.3 Å². The molecule has 2 aromatic carbocycles. The topological polar surface area (TPSA) is 88.3 Å². The minimum Gasteiger partial charge on any atom is -0.464 e. The Morgan fingerprint density at radius 1 is 1.14 bits per heavy atom. The summed E-state index contributed by atoms with van der Waals surface area (Å²) in [6.45, 7) is 1.86. The van der Waals surface area contributed by atoms with Crippen LogP contribution in [-0.4, -0.2) is 35.3 Å². The second-order valence-electron chi connectivity index (χ2n) is 6.19. The molecule has 6 nitrogen and oxygen atoms in total. The number of Topliss-reactive ketones (excluding diaryl/α,β-unsaturated/α-hetero) is 1. The fourth-order valence-electron chi connectivity index (χ4n) is 2.91. The molecule has 0 radical (unpaired) electrons. The maximum absolute atomic E-state index is 12.7. The number of aromatic nitrogens is 1. The standard InChI is InChI=1S/C21H19ClN2O4/c1-2-28-21(27)18(10-13-6-4-3-5-7-13)24-20(26)19(25)16-12-23-17-9-8-14(22)11-15(16)17/h3-9,11-12,18,23H,2,10H2,1H3,(H,24,26)/t18-/m1/s1. The first-order chi connectivity index (χ1) is 13.5. The molecule has 0 aliphatic rings. The third-order valence-electron chi connectivity index (χ3n) is 4.25. The van der Waals surface area contributed by atoms with Crippen LogP contribution in [0.25, 0.3) is 10.9 Å². The molecule has 1 heterocycles. The Balaban J connectivity index is 1.81. The van der Waals surface area contributed by atoms with E-state index in [1.807, 2.05) is 30.3 Å².